The lowest BCUT2D eigenvalue weighted by Gasteiger charge is -2.14. The molecular weight excluding hydrogens is 323 g/mol. The quantitative estimate of drug-likeness (QED) is 0.453. The van der Waals surface area contributed by atoms with Crippen LogP contribution in [0.15, 0.2) is 12.1 Å². The summed E-state index contributed by atoms with van der Waals surface area (Å²) in [5.74, 6) is -0.278. The van der Waals surface area contributed by atoms with Gasteiger partial charge in [0.05, 0.1) is 15.0 Å². The van der Waals surface area contributed by atoms with Crippen molar-refractivity contribution < 1.29 is 9.66 Å². The molecule has 1 aromatic carbocycles. The Labute approximate surface area is 115 Å². The van der Waals surface area contributed by atoms with Gasteiger partial charge in [0.1, 0.15) is 0 Å². The fourth-order valence-corrected chi connectivity index (χ4v) is 1.43. The van der Waals surface area contributed by atoms with Gasteiger partial charge >= 0.3 is 9.67 Å². The number of rotatable bonds is 2. The Morgan fingerprint density at radius 1 is 1.19 bits per heavy atom. The van der Waals surface area contributed by atoms with E-state index < -0.39 is 14.6 Å². The Morgan fingerprint density at radius 3 is 2.12 bits per heavy atom. The van der Waals surface area contributed by atoms with Crippen molar-refractivity contribution in [1.82, 2.24) is 0 Å². The molecule has 0 aliphatic rings. The maximum atomic E-state index is 10.7. The second-order valence-corrected chi connectivity index (χ2v) is 5.53. The van der Waals surface area contributed by atoms with E-state index in [-0.39, 0.29) is 15.8 Å². The molecule has 0 saturated heterocycles. The highest BCUT2D eigenvalue weighted by Gasteiger charge is 2.28. The summed E-state index contributed by atoms with van der Waals surface area (Å²) >= 11 is 27.3. The molecule has 88 valence electrons. The van der Waals surface area contributed by atoms with Gasteiger partial charge in [0.15, 0.2) is 0 Å². The Morgan fingerprint density at radius 2 is 1.69 bits per heavy atom. The van der Waals surface area contributed by atoms with Gasteiger partial charge in [0, 0.05) is 12.1 Å². The number of halogens is 5. The van der Waals surface area contributed by atoms with Crippen LogP contribution in [0.4, 0.5) is 5.69 Å². The van der Waals surface area contributed by atoms with Crippen molar-refractivity contribution >= 4 is 63.7 Å². The zero-order valence-corrected chi connectivity index (χ0v) is 11.0. The van der Waals surface area contributed by atoms with Crippen LogP contribution in [-0.2, 0) is 0 Å². The first-order chi connectivity index (χ1) is 7.20. The molecule has 0 aromatic heterocycles. The van der Waals surface area contributed by atoms with Crippen molar-refractivity contribution in [2.45, 2.75) is 3.98 Å². The van der Waals surface area contributed by atoms with Crippen LogP contribution in [-0.4, -0.2) is 8.90 Å². The minimum Gasteiger partial charge on any atom is -0.438 e. The first-order valence-electron chi connectivity index (χ1n) is 3.60. The summed E-state index contributed by atoms with van der Waals surface area (Å²) in [6.07, 6.45) is 0. The second kappa shape index (κ2) is 5.02. The van der Waals surface area contributed by atoms with E-state index in [4.69, 9.17) is 62.7 Å². The summed E-state index contributed by atoms with van der Waals surface area (Å²) in [4.78, 5) is 9.94. The molecule has 0 N–H and O–H groups in total. The number of nitrogens with zero attached hydrogens (tertiary/aromatic N) is 1. The van der Waals surface area contributed by atoms with E-state index in [0.29, 0.717) is 0 Å². The van der Waals surface area contributed by atoms with Gasteiger partial charge in [-0.3, -0.25) is 10.1 Å². The van der Waals surface area contributed by atoms with Gasteiger partial charge in [0.25, 0.3) is 0 Å². The van der Waals surface area contributed by atoms with Crippen molar-refractivity contribution in [1.29, 1.82) is 0 Å². The van der Waals surface area contributed by atoms with E-state index in [1.807, 2.05) is 0 Å². The minimum absolute atomic E-state index is 0.00466. The zero-order chi connectivity index (χ0) is 12.5. The molecule has 0 heterocycles. The fourth-order valence-electron chi connectivity index (χ4n) is 0.867. The Balaban J connectivity index is 3.25. The molecule has 0 aliphatic carbocycles. The van der Waals surface area contributed by atoms with E-state index in [9.17, 15) is 10.1 Å². The molecule has 0 unspecified atom stereocenters. The highest BCUT2D eigenvalue weighted by molar-refractivity contribution is 6.66. The van der Waals surface area contributed by atoms with E-state index >= 15 is 0 Å². The maximum absolute atomic E-state index is 10.7. The Kier molecular flexibility index (Phi) is 4.37. The topological polar surface area (TPSA) is 52.4 Å². The summed E-state index contributed by atoms with van der Waals surface area (Å²) in [7, 11) is 0. The molecule has 0 saturated carbocycles. The third-order valence-corrected chi connectivity index (χ3v) is 2.38. The van der Waals surface area contributed by atoms with Gasteiger partial charge in [-0.05, 0) is 34.8 Å². The summed E-state index contributed by atoms with van der Waals surface area (Å²) in [5, 5.41) is 10.7. The molecule has 0 spiro atoms. The summed E-state index contributed by atoms with van der Waals surface area (Å²) in [5.41, 5.74) is -0.444. The Hall–Kier alpha value is -0.130. The first kappa shape index (κ1) is 13.9. The molecule has 0 fully saturated rings. The second-order valence-electron chi connectivity index (χ2n) is 2.54. The number of hydrogen-bond acceptors (Lipinski definition) is 3. The van der Waals surface area contributed by atoms with Crippen LogP contribution in [0.1, 0.15) is 0 Å². The van der Waals surface area contributed by atoms with Crippen molar-refractivity contribution in [2.75, 3.05) is 0 Å². The molecule has 1 aromatic rings. The van der Waals surface area contributed by atoms with Gasteiger partial charge in [-0.1, -0.05) is 23.2 Å². The number of nitro groups is 1. The number of hydrogen-bond donors (Lipinski definition) is 0. The third kappa shape index (κ3) is 3.71. The number of benzene rings is 1. The summed E-state index contributed by atoms with van der Waals surface area (Å²) in [6.45, 7) is 0. The highest BCUT2D eigenvalue weighted by Crippen LogP contribution is 2.40. The van der Waals surface area contributed by atoms with Crippen LogP contribution in [0.25, 0.3) is 0 Å². The molecule has 0 bridgehead atoms. The van der Waals surface area contributed by atoms with E-state index in [1.54, 1.807) is 0 Å². The Bertz CT molecular complexity index is 431. The standard InChI is InChI=1S/C7H2Cl5NO3/c8-3-1-5(13(14)15)6(2-4(3)9)16-7(10,11)12/h1-2H. The predicted octanol–water partition coefficient (Wildman–Crippen LogP) is 4.61. The lowest BCUT2D eigenvalue weighted by atomic mass is 10.3. The van der Waals surface area contributed by atoms with Gasteiger partial charge < -0.3 is 4.74 Å². The van der Waals surface area contributed by atoms with E-state index in [2.05, 4.69) is 0 Å². The average Bonchev–Trinajstić information content (AvgIpc) is 2.07. The molecule has 1 rings (SSSR count). The highest BCUT2D eigenvalue weighted by atomic mass is 35.6. The van der Waals surface area contributed by atoms with E-state index in [1.165, 1.54) is 0 Å². The summed E-state index contributed by atoms with van der Waals surface area (Å²) in [6, 6.07) is 2.11. The number of ether oxygens (including phenoxy) is 1. The predicted molar refractivity (Wildman–Crippen MR) is 64.0 cm³/mol. The fraction of sp³-hybridized carbons (Fsp3) is 0.143. The largest absolute Gasteiger partial charge is 0.438 e. The van der Waals surface area contributed by atoms with Crippen LogP contribution < -0.4 is 4.74 Å². The van der Waals surface area contributed by atoms with Crippen LogP contribution in [0.2, 0.25) is 10.0 Å². The van der Waals surface area contributed by atoms with Crippen LogP contribution in [0.5, 0.6) is 5.75 Å². The van der Waals surface area contributed by atoms with Gasteiger partial charge in [-0.25, -0.2) is 0 Å². The normalized spacial score (nSPS) is 11.3. The monoisotopic (exact) mass is 323 g/mol. The van der Waals surface area contributed by atoms with Crippen LogP contribution in [0.3, 0.4) is 0 Å². The molecule has 0 aliphatic heterocycles. The maximum Gasteiger partial charge on any atom is 0.338 e. The van der Waals surface area contributed by atoms with Crippen molar-refractivity contribution in [2.24, 2.45) is 0 Å². The number of nitro benzene ring substituents is 1. The molecule has 0 radical (unpaired) electrons. The first-order valence-corrected chi connectivity index (χ1v) is 5.49. The van der Waals surface area contributed by atoms with Crippen molar-refractivity contribution in [3.63, 3.8) is 0 Å². The van der Waals surface area contributed by atoms with E-state index in [0.717, 1.165) is 12.1 Å². The SMILES string of the molecule is O=[N+]([O-])c1cc(Cl)c(Cl)cc1OC(Cl)(Cl)Cl. The lowest BCUT2D eigenvalue weighted by Crippen LogP contribution is -2.13. The average molecular weight is 325 g/mol. The van der Waals surface area contributed by atoms with Gasteiger partial charge in [0.2, 0.25) is 5.75 Å². The lowest BCUT2D eigenvalue weighted by molar-refractivity contribution is -0.385. The molecule has 16 heavy (non-hydrogen) atoms. The molecular formula is C7H2Cl5NO3. The van der Waals surface area contributed by atoms with Crippen LogP contribution >= 0.6 is 58.0 Å². The molecule has 0 amide bonds. The van der Waals surface area contributed by atoms with Gasteiger partial charge in [-0.15, -0.1) is 0 Å². The molecule has 0 atom stereocenters. The van der Waals surface area contributed by atoms with Crippen molar-refractivity contribution in [3.8, 4) is 5.75 Å². The van der Waals surface area contributed by atoms with Crippen LogP contribution in [0, 0.1) is 10.1 Å². The zero-order valence-electron chi connectivity index (χ0n) is 7.22. The minimum atomic E-state index is -2.12. The van der Waals surface area contributed by atoms with Crippen molar-refractivity contribution in [3.05, 3.63) is 32.3 Å². The number of alkyl halides is 3. The molecule has 9 heteroatoms. The molecule has 4 nitrogen and oxygen atoms in total. The third-order valence-electron chi connectivity index (χ3n) is 1.42. The van der Waals surface area contributed by atoms with Gasteiger partial charge in [-0.2, -0.15) is 0 Å². The smallest absolute Gasteiger partial charge is 0.338 e. The summed E-state index contributed by atoms with van der Waals surface area (Å²) < 4.78 is 2.62.